The highest BCUT2D eigenvalue weighted by molar-refractivity contribution is 9.10. The molecule has 0 bridgehead atoms. The lowest BCUT2D eigenvalue weighted by atomic mass is 10.2. The summed E-state index contributed by atoms with van der Waals surface area (Å²) in [5.41, 5.74) is 0.973. The molecule has 1 fully saturated rings. The number of carbonyl (C=O) groups excluding carboxylic acids is 1. The van der Waals surface area contributed by atoms with Crippen LogP contribution in [0.1, 0.15) is 12.0 Å². The van der Waals surface area contributed by atoms with Crippen molar-refractivity contribution in [3.05, 3.63) is 34.3 Å². The summed E-state index contributed by atoms with van der Waals surface area (Å²) in [5, 5.41) is 2.72. The van der Waals surface area contributed by atoms with Gasteiger partial charge in [0.05, 0.1) is 12.3 Å². The van der Waals surface area contributed by atoms with E-state index in [1.807, 2.05) is 24.3 Å². The van der Waals surface area contributed by atoms with Crippen LogP contribution in [0.15, 0.2) is 28.7 Å². The Morgan fingerprint density at radius 3 is 2.58 bits per heavy atom. The third kappa shape index (κ3) is 4.02. The Hall–Kier alpha value is -0.920. The minimum atomic E-state index is -3.20. The molecule has 1 amide bonds. The molecule has 2 rings (SSSR count). The summed E-state index contributed by atoms with van der Waals surface area (Å²) in [4.78, 5) is 11.7. The van der Waals surface area contributed by atoms with Crippen LogP contribution in [0.4, 0.5) is 0 Å². The number of nitrogens with one attached hydrogen (secondary N) is 1. The number of amides is 1. The second kappa shape index (κ2) is 6.02. The molecule has 1 heterocycles. The van der Waals surface area contributed by atoms with Crippen LogP contribution in [0.25, 0.3) is 0 Å². The zero-order valence-corrected chi connectivity index (χ0v) is 12.7. The van der Waals surface area contributed by atoms with E-state index in [9.17, 15) is 13.2 Å². The number of nitrogens with zero attached hydrogens (tertiary/aromatic N) is 1. The molecule has 1 saturated heterocycles. The van der Waals surface area contributed by atoms with E-state index in [0.717, 1.165) is 10.0 Å². The number of rotatable bonds is 4. The lowest BCUT2D eigenvalue weighted by molar-refractivity contribution is -0.121. The SMILES string of the molecule is O=C(CN1CCCS1(=O)=O)NCc1ccc(Br)cc1. The van der Waals surface area contributed by atoms with Crippen molar-refractivity contribution in [3.63, 3.8) is 0 Å². The maximum absolute atomic E-state index is 11.7. The van der Waals surface area contributed by atoms with Crippen LogP contribution in [0, 0.1) is 0 Å². The van der Waals surface area contributed by atoms with E-state index in [0.29, 0.717) is 19.5 Å². The molecule has 0 radical (unpaired) electrons. The van der Waals surface area contributed by atoms with Crippen molar-refractivity contribution < 1.29 is 13.2 Å². The molecule has 7 heteroatoms. The average Bonchev–Trinajstić information content (AvgIpc) is 2.68. The second-order valence-electron chi connectivity index (χ2n) is 4.41. The van der Waals surface area contributed by atoms with E-state index < -0.39 is 10.0 Å². The molecule has 0 unspecified atom stereocenters. The Bertz CT molecular complexity index is 557. The van der Waals surface area contributed by atoms with Gasteiger partial charge in [-0.05, 0) is 24.1 Å². The van der Waals surface area contributed by atoms with E-state index in [-0.39, 0.29) is 18.2 Å². The maximum Gasteiger partial charge on any atom is 0.235 e. The highest BCUT2D eigenvalue weighted by Crippen LogP contribution is 2.12. The quantitative estimate of drug-likeness (QED) is 0.887. The molecule has 0 aromatic heterocycles. The molecule has 0 atom stereocenters. The molecule has 19 heavy (non-hydrogen) atoms. The zero-order valence-electron chi connectivity index (χ0n) is 10.3. The first-order chi connectivity index (χ1) is 8.97. The van der Waals surface area contributed by atoms with Crippen LogP contribution in [0.5, 0.6) is 0 Å². The first kappa shape index (κ1) is 14.5. The lowest BCUT2D eigenvalue weighted by Gasteiger charge is -2.13. The number of benzene rings is 1. The highest BCUT2D eigenvalue weighted by Gasteiger charge is 2.29. The first-order valence-electron chi connectivity index (χ1n) is 5.96. The summed E-state index contributed by atoms with van der Waals surface area (Å²) in [6, 6.07) is 7.59. The van der Waals surface area contributed by atoms with Gasteiger partial charge in [0, 0.05) is 17.6 Å². The van der Waals surface area contributed by atoms with Gasteiger partial charge in [-0.25, -0.2) is 8.42 Å². The minimum Gasteiger partial charge on any atom is -0.351 e. The molecule has 1 aliphatic heterocycles. The standard InChI is InChI=1S/C12H15BrN2O3S/c13-11-4-2-10(3-5-11)8-14-12(16)9-15-6-1-7-19(15,17)18/h2-5H,1,6-9H2,(H,14,16). The fourth-order valence-electron chi connectivity index (χ4n) is 1.89. The van der Waals surface area contributed by atoms with E-state index in [2.05, 4.69) is 21.2 Å². The van der Waals surface area contributed by atoms with E-state index >= 15 is 0 Å². The fourth-order valence-corrected chi connectivity index (χ4v) is 3.63. The van der Waals surface area contributed by atoms with Gasteiger partial charge >= 0.3 is 0 Å². The molecule has 1 aliphatic rings. The van der Waals surface area contributed by atoms with Gasteiger partial charge in [0.1, 0.15) is 0 Å². The molecular weight excluding hydrogens is 332 g/mol. The smallest absolute Gasteiger partial charge is 0.235 e. The molecule has 1 aromatic carbocycles. The van der Waals surface area contributed by atoms with E-state index in [4.69, 9.17) is 0 Å². The second-order valence-corrected chi connectivity index (χ2v) is 7.41. The molecule has 1 N–H and O–H groups in total. The molecule has 1 aromatic rings. The summed E-state index contributed by atoms with van der Waals surface area (Å²) in [7, 11) is -3.20. The number of hydrogen-bond donors (Lipinski definition) is 1. The van der Waals surface area contributed by atoms with Crippen molar-refractivity contribution >= 4 is 31.9 Å². The number of hydrogen-bond acceptors (Lipinski definition) is 3. The van der Waals surface area contributed by atoms with Crippen molar-refractivity contribution in [3.8, 4) is 0 Å². The lowest BCUT2D eigenvalue weighted by Crippen LogP contribution is -2.37. The first-order valence-corrected chi connectivity index (χ1v) is 8.36. The fraction of sp³-hybridized carbons (Fsp3) is 0.417. The van der Waals surface area contributed by atoms with Gasteiger partial charge < -0.3 is 5.32 Å². The van der Waals surface area contributed by atoms with E-state index in [1.165, 1.54) is 4.31 Å². The van der Waals surface area contributed by atoms with Gasteiger partial charge in [-0.2, -0.15) is 4.31 Å². The molecule has 0 spiro atoms. The van der Waals surface area contributed by atoms with Gasteiger partial charge in [-0.1, -0.05) is 28.1 Å². The van der Waals surface area contributed by atoms with Crippen LogP contribution in [0.3, 0.4) is 0 Å². The predicted molar refractivity (Wildman–Crippen MR) is 76.0 cm³/mol. The van der Waals surface area contributed by atoms with Crippen LogP contribution in [0.2, 0.25) is 0 Å². The summed E-state index contributed by atoms with van der Waals surface area (Å²) >= 11 is 3.34. The van der Waals surface area contributed by atoms with Crippen molar-refractivity contribution in [1.82, 2.24) is 9.62 Å². The van der Waals surface area contributed by atoms with Crippen LogP contribution in [-0.2, 0) is 21.4 Å². The predicted octanol–water partition coefficient (Wildman–Crippen LogP) is 1.10. The summed E-state index contributed by atoms with van der Waals surface area (Å²) < 4.78 is 25.3. The van der Waals surface area contributed by atoms with Crippen LogP contribution >= 0.6 is 15.9 Å². The Morgan fingerprint density at radius 2 is 2.00 bits per heavy atom. The van der Waals surface area contributed by atoms with Crippen molar-refractivity contribution in [1.29, 1.82) is 0 Å². The van der Waals surface area contributed by atoms with Crippen molar-refractivity contribution in [2.24, 2.45) is 0 Å². The number of halogens is 1. The van der Waals surface area contributed by atoms with Crippen molar-refractivity contribution in [2.45, 2.75) is 13.0 Å². The maximum atomic E-state index is 11.7. The Labute approximate surface area is 121 Å². The topological polar surface area (TPSA) is 66.5 Å². The third-order valence-electron chi connectivity index (χ3n) is 2.93. The van der Waals surface area contributed by atoms with Crippen molar-refractivity contribution in [2.75, 3.05) is 18.8 Å². The molecule has 0 aliphatic carbocycles. The molecule has 5 nitrogen and oxygen atoms in total. The van der Waals surface area contributed by atoms with Gasteiger partial charge in [0.25, 0.3) is 0 Å². The van der Waals surface area contributed by atoms with Crippen LogP contribution < -0.4 is 5.32 Å². The third-order valence-corrected chi connectivity index (χ3v) is 5.36. The van der Waals surface area contributed by atoms with Gasteiger partial charge in [0.2, 0.25) is 15.9 Å². The van der Waals surface area contributed by atoms with Gasteiger partial charge in [-0.3, -0.25) is 4.79 Å². The Morgan fingerprint density at radius 1 is 1.32 bits per heavy atom. The largest absolute Gasteiger partial charge is 0.351 e. The number of sulfonamides is 1. The molecule has 0 saturated carbocycles. The Kier molecular flexibility index (Phi) is 4.59. The average molecular weight is 347 g/mol. The Balaban J connectivity index is 1.83. The van der Waals surface area contributed by atoms with Gasteiger partial charge in [-0.15, -0.1) is 0 Å². The van der Waals surface area contributed by atoms with E-state index in [1.54, 1.807) is 0 Å². The zero-order chi connectivity index (χ0) is 13.9. The summed E-state index contributed by atoms with van der Waals surface area (Å²) in [6.45, 7) is 0.757. The summed E-state index contributed by atoms with van der Waals surface area (Å²) in [6.07, 6.45) is 0.600. The normalized spacial score (nSPS) is 18.4. The summed E-state index contributed by atoms with van der Waals surface area (Å²) in [5.74, 6) is -0.124. The number of carbonyl (C=O) groups is 1. The van der Waals surface area contributed by atoms with Crippen LogP contribution in [-0.4, -0.2) is 37.5 Å². The monoisotopic (exact) mass is 346 g/mol. The highest BCUT2D eigenvalue weighted by atomic mass is 79.9. The minimum absolute atomic E-state index is 0.0845. The molecule has 104 valence electrons. The molecular formula is C12H15BrN2O3S. The van der Waals surface area contributed by atoms with Gasteiger partial charge in [0.15, 0.2) is 0 Å².